The zero-order chi connectivity index (χ0) is 13.5. The molecule has 1 fully saturated rings. The van der Waals surface area contributed by atoms with Crippen molar-refractivity contribution in [2.75, 3.05) is 11.5 Å². The normalized spacial score (nSPS) is 22.7. The van der Waals surface area contributed by atoms with E-state index in [4.69, 9.17) is 11.6 Å². The number of rotatable bonds is 2. The number of fused-ring (bicyclic) bond motifs is 1. The van der Waals surface area contributed by atoms with Crippen molar-refractivity contribution in [3.63, 3.8) is 0 Å². The monoisotopic (exact) mass is 298 g/mol. The highest BCUT2D eigenvalue weighted by atomic mass is 35.5. The Kier molecular flexibility index (Phi) is 3.27. The van der Waals surface area contributed by atoms with E-state index in [0.29, 0.717) is 17.3 Å². The summed E-state index contributed by atoms with van der Waals surface area (Å²) >= 11 is 6.09. The molecule has 6 heteroatoms. The summed E-state index contributed by atoms with van der Waals surface area (Å²) in [5.74, 6) is 0.803. The quantitative estimate of drug-likeness (QED) is 0.800. The second kappa shape index (κ2) is 4.80. The second-order valence-electron chi connectivity index (χ2n) is 5.14. The van der Waals surface area contributed by atoms with Crippen LogP contribution in [-0.4, -0.2) is 29.3 Å². The highest BCUT2D eigenvalue weighted by molar-refractivity contribution is 7.91. The zero-order valence-electron chi connectivity index (χ0n) is 10.4. The molecule has 0 spiro atoms. The smallest absolute Gasteiger partial charge is 0.150 e. The fourth-order valence-electron chi connectivity index (χ4n) is 2.70. The first-order chi connectivity index (χ1) is 9.03. The van der Waals surface area contributed by atoms with E-state index in [1.165, 1.54) is 0 Å². The first-order valence-electron chi connectivity index (χ1n) is 6.36. The van der Waals surface area contributed by atoms with E-state index in [-0.39, 0.29) is 11.7 Å². The molecule has 1 unspecified atom stereocenters. The van der Waals surface area contributed by atoms with E-state index in [1.54, 1.807) is 0 Å². The molecule has 0 aromatic carbocycles. The summed E-state index contributed by atoms with van der Waals surface area (Å²) in [6.45, 7) is 0. The van der Waals surface area contributed by atoms with Crippen LogP contribution in [0.3, 0.4) is 0 Å². The predicted octanol–water partition coefficient (Wildman–Crippen LogP) is 2.36. The fraction of sp³-hybridized carbons (Fsp3) is 0.462. The van der Waals surface area contributed by atoms with Crippen LogP contribution in [0.15, 0.2) is 24.4 Å². The maximum absolute atomic E-state index is 11.6. The Balaban J connectivity index is 1.84. The minimum Gasteiger partial charge on any atom is -0.290 e. The summed E-state index contributed by atoms with van der Waals surface area (Å²) in [6.07, 6.45) is 4.33. The van der Waals surface area contributed by atoms with E-state index in [9.17, 15) is 8.42 Å². The maximum atomic E-state index is 11.6. The molecule has 2 aromatic rings. The van der Waals surface area contributed by atoms with Crippen LogP contribution in [0.5, 0.6) is 0 Å². The third-order valence-corrected chi connectivity index (χ3v) is 5.75. The first-order valence-corrected chi connectivity index (χ1v) is 8.56. The van der Waals surface area contributed by atoms with Gasteiger partial charge < -0.3 is 0 Å². The van der Waals surface area contributed by atoms with Gasteiger partial charge in [-0.25, -0.2) is 13.4 Å². The number of hydrogen-bond donors (Lipinski definition) is 0. The predicted molar refractivity (Wildman–Crippen MR) is 75.3 cm³/mol. The summed E-state index contributed by atoms with van der Waals surface area (Å²) < 4.78 is 25.1. The molecule has 19 heavy (non-hydrogen) atoms. The van der Waals surface area contributed by atoms with Gasteiger partial charge in [-0.05, 0) is 37.3 Å². The van der Waals surface area contributed by atoms with Crippen molar-refractivity contribution < 1.29 is 8.42 Å². The standard InChI is InChI=1S/C13H15ClN2O2S/c14-12-4-1-5-13-15-11(8-16(12)13)7-10-3-2-6-19(17,18)9-10/h1,4-5,8,10H,2-3,6-7,9H2. The average Bonchev–Trinajstić information content (AvgIpc) is 2.71. The topological polar surface area (TPSA) is 51.4 Å². The van der Waals surface area contributed by atoms with Gasteiger partial charge in [0.2, 0.25) is 0 Å². The molecule has 0 amide bonds. The summed E-state index contributed by atoms with van der Waals surface area (Å²) in [4.78, 5) is 4.50. The molecule has 1 saturated heterocycles. The molecule has 1 aliphatic heterocycles. The lowest BCUT2D eigenvalue weighted by atomic mass is 10.00. The molecule has 2 aromatic heterocycles. The van der Waals surface area contributed by atoms with Crippen LogP contribution in [0.25, 0.3) is 5.65 Å². The summed E-state index contributed by atoms with van der Waals surface area (Å²) in [6, 6.07) is 5.57. The van der Waals surface area contributed by atoms with Gasteiger partial charge in [-0.1, -0.05) is 17.7 Å². The Morgan fingerprint density at radius 3 is 3.00 bits per heavy atom. The van der Waals surface area contributed by atoms with Gasteiger partial charge >= 0.3 is 0 Å². The van der Waals surface area contributed by atoms with Gasteiger partial charge in [0, 0.05) is 6.20 Å². The molecule has 1 atom stereocenters. The van der Waals surface area contributed by atoms with E-state index in [1.807, 2.05) is 28.8 Å². The minimum absolute atomic E-state index is 0.183. The lowest BCUT2D eigenvalue weighted by Crippen LogP contribution is -2.26. The van der Waals surface area contributed by atoms with Gasteiger partial charge in [0.15, 0.2) is 9.84 Å². The number of aromatic nitrogens is 2. The first kappa shape index (κ1) is 12.9. The minimum atomic E-state index is -2.85. The number of halogens is 1. The highest BCUT2D eigenvalue weighted by Crippen LogP contribution is 2.23. The van der Waals surface area contributed by atoms with Gasteiger partial charge in [-0.15, -0.1) is 0 Å². The lowest BCUT2D eigenvalue weighted by molar-refractivity contribution is 0.480. The van der Waals surface area contributed by atoms with Gasteiger partial charge in [-0.2, -0.15) is 0 Å². The molecule has 102 valence electrons. The van der Waals surface area contributed by atoms with Crippen LogP contribution in [0, 0.1) is 5.92 Å². The number of imidazole rings is 1. The molecule has 4 nitrogen and oxygen atoms in total. The third kappa shape index (κ3) is 2.77. The van der Waals surface area contributed by atoms with Crippen LogP contribution >= 0.6 is 11.6 Å². The summed E-state index contributed by atoms with van der Waals surface area (Å²) in [7, 11) is -2.85. The Labute approximate surface area is 117 Å². The fourth-order valence-corrected chi connectivity index (χ4v) is 4.68. The Hall–Kier alpha value is -1.07. The lowest BCUT2D eigenvalue weighted by Gasteiger charge is -2.20. The second-order valence-corrected chi connectivity index (χ2v) is 7.75. The molecule has 3 rings (SSSR count). The molecular weight excluding hydrogens is 284 g/mol. The van der Waals surface area contributed by atoms with Crippen molar-refractivity contribution in [3.8, 4) is 0 Å². The molecular formula is C13H15ClN2O2S. The van der Waals surface area contributed by atoms with Crippen molar-refractivity contribution in [1.29, 1.82) is 0 Å². The van der Waals surface area contributed by atoms with Gasteiger partial charge in [0.1, 0.15) is 10.8 Å². The number of nitrogens with zero attached hydrogens (tertiary/aromatic N) is 2. The highest BCUT2D eigenvalue weighted by Gasteiger charge is 2.25. The SMILES string of the molecule is O=S1(=O)CCCC(Cc2cn3c(Cl)cccc3n2)C1. The third-order valence-electron chi connectivity index (χ3n) is 3.55. The van der Waals surface area contributed by atoms with Crippen LogP contribution < -0.4 is 0 Å². The number of pyridine rings is 1. The van der Waals surface area contributed by atoms with Gasteiger partial charge in [-0.3, -0.25) is 4.40 Å². The average molecular weight is 299 g/mol. The van der Waals surface area contributed by atoms with E-state index < -0.39 is 9.84 Å². The van der Waals surface area contributed by atoms with Crippen LogP contribution in [0.4, 0.5) is 0 Å². The van der Waals surface area contributed by atoms with Crippen molar-refractivity contribution in [2.45, 2.75) is 19.3 Å². The molecule has 3 heterocycles. The Morgan fingerprint density at radius 2 is 2.26 bits per heavy atom. The Morgan fingerprint density at radius 1 is 1.42 bits per heavy atom. The zero-order valence-corrected chi connectivity index (χ0v) is 12.0. The largest absolute Gasteiger partial charge is 0.290 e. The number of hydrogen-bond acceptors (Lipinski definition) is 3. The molecule has 0 N–H and O–H groups in total. The summed E-state index contributed by atoms with van der Waals surface area (Å²) in [5.41, 5.74) is 1.72. The Bertz CT molecular complexity index is 709. The molecule has 0 aliphatic carbocycles. The van der Waals surface area contributed by atoms with Crippen molar-refractivity contribution in [2.24, 2.45) is 5.92 Å². The summed E-state index contributed by atoms with van der Waals surface area (Å²) in [5, 5.41) is 0.618. The van der Waals surface area contributed by atoms with Crippen molar-refractivity contribution >= 4 is 27.1 Å². The molecule has 0 radical (unpaired) electrons. The molecule has 1 aliphatic rings. The number of sulfone groups is 1. The van der Waals surface area contributed by atoms with Crippen molar-refractivity contribution in [3.05, 3.63) is 35.2 Å². The van der Waals surface area contributed by atoms with Crippen molar-refractivity contribution in [1.82, 2.24) is 9.38 Å². The molecule has 0 saturated carbocycles. The van der Waals surface area contributed by atoms with Crippen LogP contribution in [-0.2, 0) is 16.3 Å². The van der Waals surface area contributed by atoms with E-state index >= 15 is 0 Å². The van der Waals surface area contributed by atoms with Gasteiger partial charge in [0.05, 0.1) is 17.2 Å². The molecule has 0 bridgehead atoms. The van der Waals surface area contributed by atoms with Crippen LogP contribution in [0.1, 0.15) is 18.5 Å². The van der Waals surface area contributed by atoms with E-state index in [0.717, 1.165) is 24.2 Å². The van der Waals surface area contributed by atoms with E-state index in [2.05, 4.69) is 4.98 Å². The maximum Gasteiger partial charge on any atom is 0.150 e. The van der Waals surface area contributed by atoms with Gasteiger partial charge in [0.25, 0.3) is 0 Å². The van der Waals surface area contributed by atoms with Crippen LogP contribution in [0.2, 0.25) is 5.15 Å².